The monoisotopic (exact) mass is 250 g/mol. The number of hydrogen-bond donors (Lipinski definition) is 0. The van der Waals surface area contributed by atoms with E-state index in [1.807, 2.05) is 0 Å². The van der Waals surface area contributed by atoms with E-state index in [4.69, 9.17) is 4.42 Å². The predicted octanol–water partition coefficient (Wildman–Crippen LogP) is 0.847. The molecule has 0 saturated carbocycles. The van der Waals surface area contributed by atoms with Gasteiger partial charge in [-0.3, -0.25) is 4.79 Å². The number of aryl methyl sites for hydroxylation is 2. The minimum atomic E-state index is -0.407. The van der Waals surface area contributed by atoms with Gasteiger partial charge < -0.3 is 14.1 Å². The third-order valence-electron chi connectivity index (χ3n) is 2.75. The summed E-state index contributed by atoms with van der Waals surface area (Å²) in [5.41, 5.74) is 1.05. The van der Waals surface area contributed by atoms with Crippen LogP contribution in [0.3, 0.4) is 0 Å². The van der Waals surface area contributed by atoms with Gasteiger partial charge in [-0.05, 0) is 6.92 Å². The highest BCUT2D eigenvalue weighted by Crippen LogP contribution is 2.17. The topological polar surface area (TPSA) is 72.6 Å². The molecule has 0 bridgehead atoms. The largest absolute Gasteiger partial charge is 0.466 e. The van der Waals surface area contributed by atoms with Gasteiger partial charge in [0.1, 0.15) is 0 Å². The van der Waals surface area contributed by atoms with E-state index in [-0.39, 0.29) is 18.2 Å². The van der Waals surface area contributed by atoms with Crippen molar-refractivity contribution in [1.29, 1.82) is 0 Å². The molecule has 1 aromatic heterocycles. The van der Waals surface area contributed by atoms with Crippen molar-refractivity contribution in [3.8, 4) is 0 Å². The maximum atomic E-state index is 12.1. The average Bonchev–Trinajstić information content (AvgIpc) is 2.94. The molecule has 0 atom stereocenters. The second-order valence-corrected chi connectivity index (χ2v) is 4.05. The number of rotatable bonds is 2. The van der Waals surface area contributed by atoms with E-state index in [0.717, 1.165) is 0 Å². The van der Waals surface area contributed by atoms with Gasteiger partial charge in [-0.2, -0.15) is 0 Å². The fraction of sp³-hybridized carbons (Fsp3) is 0.417. The van der Waals surface area contributed by atoms with E-state index < -0.39 is 5.97 Å². The van der Waals surface area contributed by atoms with E-state index in [9.17, 15) is 9.59 Å². The highest BCUT2D eigenvalue weighted by atomic mass is 16.5. The van der Waals surface area contributed by atoms with Crippen LogP contribution in [-0.4, -0.2) is 42.0 Å². The lowest BCUT2D eigenvalue weighted by Gasteiger charge is -2.14. The molecule has 2 heterocycles. The first-order valence-corrected chi connectivity index (χ1v) is 5.53. The normalized spacial score (nSPS) is 14.6. The first kappa shape index (κ1) is 12.3. The second kappa shape index (κ2) is 4.64. The Morgan fingerprint density at radius 2 is 2.17 bits per heavy atom. The Hall–Kier alpha value is -2.11. The van der Waals surface area contributed by atoms with E-state index >= 15 is 0 Å². The van der Waals surface area contributed by atoms with Gasteiger partial charge in [0.2, 0.25) is 5.76 Å². The molecule has 1 aromatic rings. The summed E-state index contributed by atoms with van der Waals surface area (Å²) in [6, 6.07) is 0. The zero-order valence-corrected chi connectivity index (χ0v) is 10.5. The summed E-state index contributed by atoms with van der Waals surface area (Å²) in [5, 5.41) is 0. The Balaban J connectivity index is 2.10. The van der Waals surface area contributed by atoms with Crippen molar-refractivity contribution >= 4 is 11.9 Å². The lowest BCUT2D eigenvalue weighted by Crippen LogP contribution is -2.30. The molecule has 0 aromatic carbocycles. The molecular weight excluding hydrogens is 236 g/mol. The van der Waals surface area contributed by atoms with Crippen molar-refractivity contribution < 1.29 is 18.7 Å². The minimum Gasteiger partial charge on any atom is -0.466 e. The minimum absolute atomic E-state index is 0.229. The molecule has 1 aliphatic heterocycles. The van der Waals surface area contributed by atoms with Crippen LogP contribution in [0, 0.1) is 13.8 Å². The van der Waals surface area contributed by atoms with E-state index in [0.29, 0.717) is 23.7 Å². The first-order chi connectivity index (χ1) is 8.52. The molecule has 0 fully saturated rings. The van der Waals surface area contributed by atoms with Crippen LogP contribution in [0.4, 0.5) is 0 Å². The first-order valence-electron chi connectivity index (χ1n) is 5.53. The van der Waals surface area contributed by atoms with Gasteiger partial charge in [0.25, 0.3) is 5.91 Å². The van der Waals surface area contributed by atoms with Crippen molar-refractivity contribution in [3.05, 3.63) is 29.0 Å². The molecule has 0 N–H and O–H groups in total. The number of hydrogen-bond acceptors (Lipinski definition) is 5. The molecule has 2 rings (SSSR count). The van der Waals surface area contributed by atoms with Gasteiger partial charge in [0, 0.05) is 13.5 Å². The number of carbonyl (C=O) groups is 2. The van der Waals surface area contributed by atoms with Crippen LogP contribution in [0.2, 0.25) is 0 Å². The Kier molecular flexibility index (Phi) is 3.18. The Morgan fingerprint density at radius 3 is 2.72 bits per heavy atom. The molecule has 1 amide bonds. The summed E-state index contributed by atoms with van der Waals surface area (Å²) in [5.74, 6) is 0.0160. The summed E-state index contributed by atoms with van der Waals surface area (Å²) in [6.07, 6.45) is 1.68. The fourth-order valence-corrected chi connectivity index (χ4v) is 1.86. The van der Waals surface area contributed by atoms with Gasteiger partial charge in [-0.1, -0.05) is 6.08 Å². The molecule has 0 radical (unpaired) electrons. The summed E-state index contributed by atoms with van der Waals surface area (Å²) in [7, 11) is 1.32. The Morgan fingerprint density at radius 1 is 1.44 bits per heavy atom. The molecule has 96 valence electrons. The van der Waals surface area contributed by atoms with Crippen LogP contribution in [0.5, 0.6) is 0 Å². The lowest BCUT2D eigenvalue weighted by molar-refractivity contribution is -0.136. The molecule has 6 heteroatoms. The molecule has 0 saturated heterocycles. The molecule has 0 aliphatic carbocycles. The standard InChI is InChI=1S/C12H14N2O4/c1-7-10(18-8(2)13-7)11(15)14-5-4-9(6-14)12(16)17-3/h4H,5-6H2,1-3H3. The molecule has 18 heavy (non-hydrogen) atoms. The zero-order chi connectivity index (χ0) is 13.3. The number of esters is 1. The summed E-state index contributed by atoms with van der Waals surface area (Å²) in [6.45, 7) is 4.02. The van der Waals surface area contributed by atoms with Gasteiger partial charge in [-0.15, -0.1) is 0 Å². The van der Waals surface area contributed by atoms with E-state index in [1.165, 1.54) is 12.0 Å². The molecule has 0 unspecified atom stereocenters. The van der Waals surface area contributed by atoms with Crippen molar-refractivity contribution in [3.63, 3.8) is 0 Å². The Bertz CT molecular complexity index is 530. The average molecular weight is 250 g/mol. The highest BCUT2D eigenvalue weighted by molar-refractivity contribution is 5.96. The van der Waals surface area contributed by atoms with Crippen LogP contribution >= 0.6 is 0 Å². The molecule has 0 spiro atoms. The van der Waals surface area contributed by atoms with Crippen molar-refractivity contribution in [2.24, 2.45) is 0 Å². The highest BCUT2D eigenvalue weighted by Gasteiger charge is 2.28. The summed E-state index contributed by atoms with van der Waals surface area (Å²) in [4.78, 5) is 29.0. The quantitative estimate of drug-likeness (QED) is 0.727. The number of ether oxygens (including phenoxy) is 1. The Labute approximate surface area is 104 Å². The van der Waals surface area contributed by atoms with Crippen LogP contribution in [0.25, 0.3) is 0 Å². The predicted molar refractivity (Wildman–Crippen MR) is 62.0 cm³/mol. The van der Waals surface area contributed by atoms with Crippen LogP contribution in [-0.2, 0) is 9.53 Å². The molecule has 6 nitrogen and oxygen atoms in total. The fourth-order valence-electron chi connectivity index (χ4n) is 1.86. The van der Waals surface area contributed by atoms with Gasteiger partial charge in [0.05, 0.1) is 24.9 Å². The zero-order valence-electron chi connectivity index (χ0n) is 10.5. The van der Waals surface area contributed by atoms with Gasteiger partial charge in [-0.25, -0.2) is 9.78 Å². The molecular formula is C12H14N2O4. The number of nitrogens with zero attached hydrogens (tertiary/aromatic N) is 2. The van der Waals surface area contributed by atoms with E-state index in [1.54, 1.807) is 19.9 Å². The van der Waals surface area contributed by atoms with Crippen molar-refractivity contribution in [2.75, 3.05) is 20.2 Å². The molecule has 1 aliphatic rings. The second-order valence-electron chi connectivity index (χ2n) is 4.05. The smallest absolute Gasteiger partial charge is 0.335 e. The maximum absolute atomic E-state index is 12.1. The van der Waals surface area contributed by atoms with E-state index in [2.05, 4.69) is 9.72 Å². The van der Waals surface area contributed by atoms with Crippen molar-refractivity contribution in [1.82, 2.24) is 9.88 Å². The third kappa shape index (κ3) is 2.13. The van der Waals surface area contributed by atoms with Crippen LogP contribution in [0.1, 0.15) is 22.1 Å². The number of aromatic nitrogens is 1. The number of methoxy groups -OCH3 is 1. The SMILES string of the molecule is COC(=O)C1=CCN(C(=O)c2oc(C)nc2C)C1. The number of oxazole rings is 1. The summed E-state index contributed by atoms with van der Waals surface area (Å²) < 4.78 is 9.88. The van der Waals surface area contributed by atoms with Crippen molar-refractivity contribution in [2.45, 2.75) is 13.8 Å². The maximum Gasteiger partial charge on any atom is 0.335 e. The van der Waals surface area contributed by atoms with Gasteiger partial charge >= 0.3 is 5.97 Å². The van der Waals surface area contributed by atoms with Gasteiger partial charge in [0.15, 0.2) is 5.89 Å². The lowest BCUT2D eigenvalue weighted by atomic mass is 10.3. The third-order valence-corrected chi connectivity index (χ3v) is 2.75. The summed E-state index contributed by atoms with van der Waals surface area (Å²) >= 11 is 0. The van der Waals surface area contributed by atoms with Crippen LogP contribution in [0.15, 0.2) is 16.1 Å². The number of amides is 1. The van der Waals surface area contributed by atoms with Crippen LogP contribution < -0.4 is 0 Å². The number of carbonyl (C=O) groups excluding carboxylic acids is 2.